The molecular formula is C31H38F3N7O2. The fourth-order valence-corrected chi connectivity index (χ4v) is 6.49. The largest absolute Gasteiger partial charge is 0.462 e. The number of anilines is 2. The number of hydrogen-bond donors (Lipinski definition) is 0. The van der Waals surface area contributed by atoms with Crippen molar-refractivity contribution in [2.45, 2.75) is 63.8 Å². The van der Waals surface area contributed by atoms with E-state index in [0.717, 1.165) is 36.7 Å². The maximum Gasteiger partial charge on any atom is 0.416 e. The van der Waals surface area contributed by atoms with Gasteiger partial charge in [0.15, 0.2) is 0 Å². The molecule has 0 N–H and O–H groups in total. The fourth-order valence-electron chi connectivity index (χ4n) is 6.49. The normalized spacial score (nSPS) is 21.3. The molecule has 43 heavy (non-hydrogen) atoms. The van der Waals surface area contributed by atoms with E-state index in [1.165, 1.54) is 19.1 Å². The lowest BCUT2D eigenvalue weighted by atomic mass is 10.0. The summed E-state index contributed by atoms with van der Waals surface area (Å²) in [6, 6.07) is 6.65. The van der Waals surface area contributed by atoms with Gasteiger partial charge in [0, 0.05) is 43.5 Å². The van der Waals surface area contributed by atoms with Crippen LogP contribution < -0.4 is 14.5 Å². The van der Waals surface area contributed by atoms with Crippen LogP contribution >= 0.6 is 0 Å². The number of halogens is 3. The summed E-state index contributed by atoms with van der Waals surface area (Å²) in [5.74, 6) is 0.495. The zero-order valence-corrected chi connectivity index (χ0v) is 24.7. The van der Waals surface area contributed by atoms with Crippen LogP contribution in [0.3, 0.4) is 0 Å². The Bertz CT molecular complexity index is 1390. The molecule has 0 bridgehead atoms. The van der Waals surface area contributed by atoms with Gasteiger partial charge >= 0.3 is 12.2 Å². The number of carbonyl (C=O) groups excluding carboxylic acids is 1. The summed E-state index contributed by atoms with van der Waals surface area (Å²) in [5, 5.41) is 9.49. The van der Waals surface area contributed by atoms with Crippen LogP contribution in [0.4, 0.5) is 24.7 Å². The van der Waals surface area contributed by atoms with Crippen molar-refractivity contribution in [2.75, 3.05) is 56.2 Å². The maximum atomic E-state index is 13.7. The van der Waals surface area contributed by atoms with Gasteiger partial charge in [-0.3, -0.25) is 4.79 Å². The molecule has 230 valence electrons. The number of aromatic nitrogens is 2. The fraction of sp³-hybridized carbons (Fsp3) is 0.548. The first-order valence-corrected chi connectivity index (χ1v) is 14.8. The highest BCUT2D eigenvalue weighted by molar-refractivity contribution is 5.87. The number of nitriles is 1. The van der Waals surface area contributed by atoms with E-state index in [1.54, 1.807) is 11.0 Å². The molecule has 5 rings (SSSR count). The van der Waals surface area contributed by atoms with Crippen molar-refractivity contribution in [3.63, 3.8) is 0 Å². The standard InChI is InChI=1S/C31H38F3N7O2/c1-4-28(42)41-17-16-40(18-22(41)12-13-35)29-24-9-7-15-39(27-11-5-10-25(21(27)2)31(32,33)34)19-26(24)36-30(37-29)43-20-23-8-6-14-38(23)3/h4-5,10-11,22-23H,1,6-9,12,14-20H2,2-3H3/t22?,23-/m0/s1. The van der Waals surface area contributed by atoms with Gasteiger partial charge in [-0.05, 0) is 70.0 Å². The molecule has 12 heteroatoms. The molecule has 0 spiro atoms. The van der Waals surface area contributed by atoms with E-state index in [4.69, 9.17) is 14.7 Å². The van der Waals surface area contributed by atoms with Gasteiger partial charge in [-0.2, -0.15) is 28.4 Å². The number of likely N-dealkylation sites (tertiary alicyclic amines) is 1. The lowest BCUT2D eigenvalue weighted by molar-refractivity contribution is -0.138. The average Bonchev–Trinajstić information content (AvgIpc) is 3.27. The number of carbonyl (C=O) groups is 1. The second-order valence-corrected chi connectivity index (χ2v) is 11.5. The van der Waals surface area contributed by atoms with Gasteiger partial charge in [-0.15, -0.1) is 0 Å². The Morgan fingerprint density at radius 2 is 1.98 bits per heavy atom. The Morgan fingerprint density at radius 3 is 2.67 bits per heavy atom. The first-order valence-electron chi connectivity index (χ1n) is 14.8. The number of likely N-dealkylation sites (N-methyl/N-ethyl adjacent to an activating group) is 1. The summed E-state index contributed by atoms with van der Waals surface area (Å²) >= 11 is 0. The van der Waals surface area contributed by atoms with Crippen LogP contribution in [0.2, 0.25) is 0 Å². The number of benzene rings is 1. The van der Waals surface area contributed by atoms with Crippen molar-refractivity contribution >= 4 is 17.4 Å². The molecule has 2 atom stereocenters. The minimum absolute atomic E-state index is 0.170. The van der Waals surface area contributed by atoms with E-state index < -0.39 is 11.7 Å². The smallest absolute Gasteiger partial charge is 0.416 e. The van der Waals surface area contributed by atoms with E-state index in [9.17, 15) is 23.2 Å². The third kappa shape index (κ3) is 6.56. The molecule has 3 aliphatic rings. The second-order valence-electron chi connectivity index (χ2n) is 11.5. The first-order chi connectivity index (χ1) is 20.6. The lowest BCUT2D eigenvalue weighted by Crippen LogP contribution is -2.55. The van der Waals surface area contributed by atoms with Gasteiger partial charge < -0.3 is 24.3 Å². The van der Waals surface area contributed by atoms with Gasteiger partial charge in [-0.1, -0.05) is 12.6 Å². The highest BCUT2D eigenvalue weighted by Gasteiger charge is 2.35. The van der Waals surface area contributed by atoms with Crippen molar-refractivity contribution in [3.8, 4) is 12.1 Å². The van der Waals surface area contributed by atoms with Gasteiger partial charge in [0.1, 0.15) is 12.4 Å². The second kappa shape index (κ2) is 12.8. The number of hydrogen-bond acceptors (Lipinski definition) is 8. The third-order valence-electron chi connectivity index (χ3n) is 8.84. The molecule has 1 amide bonds. The van der Waals surface area contributed by atoms with E-state index in [0.29, 0.717) is 63.7 Å². The van der Waals surface area contributed by atoms with Crippen LogP contribution in [0.5, 0.6) is 6.01 Å². The van der Waals surface area contributed by atoms with Crippen LogP contribution in [0.25, 0.3) is 0 Å². The minimum atomic E-state index is -4.44. The van der Waals surface area contributed by atoms with Crippen molar-refractivity contribution in [1.29, 1.82) is 5.26 Å². The lowest BCUT2D eigenvalue weighted by Gasteiger charge is -2.41. The van der Waals surface area contributed by atoms with Crippen molar-refractivity contribution in [1.82, 2.24) is 19.8 Å². The van der Waals surface area contributed by atoms with Crippen molar-refractivity contribution < 1.29 is 22.7 Å². The number of alkyl halides is 3. The Morgan fingerprint density at radius 1 is 1.16 bits per heavy atom. The summed E-state index contributed by atoms with van der Waals surface area (Å²) in [4.78, 5) is 30.2. The number of piperazine rings is 1. The summed E-state index contributed by atoms with van der Waals surface area (Å²) in [7, 11) is 2.07. The summed E-state index contributed by atoms with van der Waals surface area (Å²) in [5.41, 5.74) is 1.73. The molecule has 1 aromatic carbocycles. The average molecular weight is 598 g/mol. The Balaban J connectivity index is 1.50. The number of amides is 1. The molecule has 4 heterocycles. The SMILES string of the molecule is C=CC(=O)N1CCN(c2nc(OC[C@@H]3CCCN3C)nc3c2CCCN(c2cccc(C(F)(F)F)c2C)C3)CC1CC#N. The summed E-state index contributed by atoms with van der Waals surface area (Å²) < 4.78 is 47.4. The van der Waals surface area contributed by atoms with Crippen LogP contribution in [-0.2, 0) is 23.9 Å². The van der Waals surface area contributed by atoms with E-state index in [2.05, 4.69) is 29.5 Å². The third-order valence-corrected chi connectivity index (χ3v) is 8.84. The zero-order chi connectivity index (χ0) is 30.7. The van der Waals surface area contributed by atoms with E-state index in [1.807, 2.05) is 4.90 Å². The van der Waals surface area contributed by atoms with Gasteiger partial charge in [0.2, 0.25) is 5.91 Å². The van der Waals surface area contributed by atoms with Crippen LogP contribution in [-0.4, -0.2) is 84.1 Å². The van der Waals surface area contributed by atoms with Crippen LogP contribution in [0.15, 0.2) is 30.9 Å². The molecular weight excluding hydrogens is 559 g/mol. The van der Waals surface area contributed by atoms with Crippen LogP contribution in [0, 0.1) is 18.3 Å². The molecule has 0 radical (unpaired) electrons. The summed E-state index contributed by atoms with van der Waals surface area (Å²) in [6.07, 6.45) is 0.452. The van der Waals surface area contributed by atoms with Crippen molar-refractivity contribution in [2.24, 2.45) is 0 Å². The highest BCUT2D eigenvalue weighted by atomic mass is 19.4. The maximum absolute atomic E-state index is 13.7. The molecule has 2 fully saturated rings. The van der Waals surface area contributed by atoms with Gasteiger partial charge in [0.05, 0.1) is 36.3 Å². The molecule has 9 nitrogen and oxygen atoms in total. The Kier molecular flexibility index (Phi) is 9.11. The minimum Gasteiger partial charge on any atom is -0.462 e. The molecule has 2 saturated heterocycles. The van der Waals surface area contributed by atoms with Crippen LogP contribution in [0.1, 0.15) is 48.1 Å². The molecule has 0 saturated carbocycles. The highest BCUT2D eigenvalue weighted by Crippen LogP contribution is 2.38. The topological polar surface area (TPSA) is 88.8 Å². The quantitative estimate of drug-likeness (QED) is 0.436. The predicted molar refractivity (Wildman–Crippen MR) is 157 cm³/mol. The zero-order valence-electron chi connectivity index (χ0n) is 24.7. The Hall–Kier alpha value is -3.85. The molecule has 1 unspecified atom stereocenters. The van der Waals surface area contributed by atoms with Gasteiger partial charge in [0.25, 0.3) is 0 Å². The number of nitrogens with zero attached hydrogens (tertiary/aromatic N) is 7. The molecule has 3 aliphatic heterocycles. The molecule has 2 aromatic rings. The number of rotatable bonds is 7. The van der Waals surface area contributed by atoms with E-state index in [-0.39, 0.29) is 36.0 Å². The number of ether oxygens (including phenoxy) is 1. The van der Waals surface area contributed by atoms with E-state index >= 15 is 0 Å². The van der Waals surface area contributed by atoms with Gasteiger partial charge in [-0.25, -0.2) is 0 Å². The summed E-state index contributed by atoms with van der Waals surface area (Å²) in [6.45, 7) is 8.76. The Labute approximate surface area is 250 Å². The molecule has 0 aliphatic carbocycles. The molecule has 1 aromatic heterocycles. The van der Waals surface area contributed by atoms with Crippen molar-refractivity contribution in [3.05, 3.63) is 53.2 Å². The first kappa shape index (κ1) is 30.6. The predicted octanol–water partition coefficient (Wildman–Crippen LogP) is 4.35. The monoisotopic (exact) mass is 597 g/mol. The number of fused-ring (bicyclic) bond motifs is 1.